The van der Waals surface area contributed by atoms with Gasteiger partial charge in [-0.25, -0.2) is 0 Å². The molecule has 1 amide bonds. The average Bonchev–Trinajstić information content (AvgIpc) is 3.00. The molecule has 0 saturated heterocycles. The molecule has 1 unspecified atom stereocenters. The molecule has 0 bridgehead atoms. The summed E-state index contributed by atoms with van der Waals surface area (Å²) < 4.78 is 0. The molecule has 0 aromatic rings. The zero-order valence-electron chi connectivity index (χ0n) is 9.71. The van der Waals surface area contributed by atoms with E-state index in [1.807, 2.05) is 18.7 Å². The predicted molar refractivity (Wildman–Crippen MR) is 65.9 cm³/mol. The van der Waals surface area contributed by atoms with Gasteiger partial charge in [0.1, 0.15) is 5.54 Å². The summed E-state index contributed by atoms with van der Waals surface area (Å²) in [6.45, 7) is 5.00. The fourth-order valence-corrected chi connectivity index (χ4v) is 3.18. The fourth-order valence-electron chi connectivity index (χ4n) is 1.94. The Morgan fingerprint density at radius 3 is 2.60 bits per heavy atom. The predicted octanol–water partition coefficient (Wildman–Crippen LogP) is 1.37. The summed E-state index contributed by atoms with van der Waals surface area (Å²) in [4.78, 5) is 11.6. The number of carbonyl (C=O) groups is 1. The molecule has 1 aliphatic carbocycles. The van der Waals surface area contributed by atoms with Crippen LogP contribution in [0.3, 0.4) is 0 Å². The van der Waals surface area contributed by atoms with Gasteiger partial charge in [0.2, 0.25) is 5.91 Å². The van der Waals surface area contributed by atoms with Gasteiger partial charge in [-0.2, -0.15) is 11.8 Å². The zero-order chi connectivity index (χ0) is 11.3. The molecule has 3 nitrogen and oxygen atoms in total. The SMILES string of the molecule is CCCSCC(NCC)(C(N)=O)C1CC1. The summed E-state index contributed by atoms with van der Waals surface area (Å²) in [5, 5.41) is 3.32. The van der Waals surface area contributed by atoms with Gasteiger partial charge in [-0.05, 0) is 37.5 Å². The Labute approximate surface area is 96.6 Å². The van der Waals surface area contributed by atoms with Crippen molar-refractivity contribution in [2.45, 2.75) is 38.6 Å². The maximum absolute atomic E-state index is 11.6. The molecule has 1 saturated carbocycles. The minimum Gasteiger partial charge on any atom is -0.368 e. The number of hydrogen-bond acceptors (Lipinski definition) is 3. The summed E-state index contributed by atoms with van der Waals surface area (Å²) in [5.41, 5.74) is 5.13. The zero-order valence-corrected chi connectivity index (χ0v) is 10.5. The van der Waals surface area contributed by atoms with Gasteiger partial charge in [0.15, 0.2) is 0 Å². The topological polar surface area (TPSA) is 55.1 Å². The molecule has 88 valence electrons. The molecular formula is C11H22N2OS. The Kier molecular flexibility index (Phi) is 4.93. The molecule has 4 heteroatoms. The van der Waals surface area contributed by atoms with Crippen molar-refractivity contribution in [3.05, 3.63) is 0 Å². The molecule has 0 spiro atoms. The second-order valence-electron chi connectivity index (χ2n) is 4.19. The van der Waals surface area contributed by atoms with Gasteiger partial charge < -0.3 is 11.1 Å². The van der Waals surface area contributed by atoms with Crippen molar-refractivity contribution in [2.75, 3.05) is 18.1 Å². The monoisotopic (exact) mass is 230 g/mol. The molecule has 15 heavy (non-hydrogen) atoms. The Morgan fingerprint density at radius 1 is 1.53 bits per heavy atom. The normalized spacial score (nSPS) is 19.9. The highest BCUT2D eigenvalue weighted by atomic mass is 32.2. The first-order valence-corrected chi connectivity index (χ1v) is 6.95. The molecule has 0 radical (unpaired) electrons. The van der Waals surface area contributed by atoms with Gasteiger partial charge in [0.05, 0.1) is 0 Å². The van der Waals surface area contributed by atoms with Crippen molar-refractivity contribution in [3.8, 4) is 0 Å². The van der Waals surface area contributed by atoms with Crippen LogP contribution in [-0.4, -0.2) is 29.5 Å². The molecule has 1 rings (SSSR count). The van der Waals surface area contributed by atoms with Gasteiger partial charge in [-0.1, -0.05) is 13.8 Å². The Balaban J connectivity index is 2.59. The number of hydrogen-bond donors (Lipinski definition) is 2. The molecule has 0 aromatic carbocycles. The van der Waals surface area contributed by atoms with Crippen LogP contribution in [0.2, 0.25) is 0 Å². The maximum atomic E-state index is 11.6. The van der Waals surface area contributed by atoms with Crippen molar-refractivity contribution in [1.82, 2.24) is 5.32 Å². The third-order valence-corrected chi connectivity index (χ3v) is 4.24. The van der Waals surface area contributed by atoms with Crippen LogP contribution in [0.4, 0.5) is 0 Å². The summed E-state index contributed by atoms with van der Waals surface area (Å²) in [6.07, 6.45) is 3.43. The van der Waals surface area contributed by atoms with Crippen LogP contribution in [-0.2, 0) is 4.79 Å². The molecule has 1 atom stereocenters. The van der Waals surface area contributed by atoms with Crippen LogP contribution in [0.5, 0.6) is 0 Å². The summed E-state index contributed by atoms with van der Waals surface area (Å²) >= 11 is 1.83. The average molecular weight is 230 g/mol. The van der Waals surface area contributed by atoms with E-state index in [0.717, 1.165) is 37.3 Å². The lowest BCUT2D eigenvalue weighted by molar-refractivity contribution is -0.124. The van der Waals surface area contributed by atoms with Crippen LogP contribution in [0.1, 0.15) is 33.1 Å². The first kappa shape index (κ1) is 12.8. The highest BCUT2D eigenvalue weighted by molar-refractivity contribution is 7.99. The summed E-state index contributed by atoms with van der Waals surface area (Å²) in [7, 11) is 0. The lowest BCUT2D eigenvalue weighted by atomic mass is 9.94. The Bertz CT molecular complexity index is 219. The molecule has 0 aliphatic heterocycles. The highest BCUT2D eigenvalue weighted by Gasteiger charge is 2.48. The highest BCUT2D eigenvalue weighted by Crippen LogP contribution is 2.41. The van der Waals surface area contributed by atoms with E-state index in [0.29, 0.717) is 5.92 Å². The number of nitrogens with two attached hydrogens (primary N) is 1. The fraction of sp³-hybridized carbons (Fsp3) is 0.909. The second kappa shape index (κ2) is 5.75. The van der Waals surface area contributed by atoms with Gasteiger partial charge in [0, 0.05) is 5.75 Å². The lowest BCUT2D eigenvalue weighted by Gasteiger charge is -2.31. The Hall–Kier alpha value is -0.220. The number of thioether (sulfide) groups is 1. The quantitative estimate of drug-likeness (QED) is 0.619. The van der Waals surface area contributed by atoms with Crippen LogP contribution in [0.15, 0.2) is 0 Å². The number of carbonyl (C=O) groups excluding carboxylic acids is 1. The number of nitrogens with one attached hydrogen (secondary N) is 1. The Morgan fingerprint density at radius 2 is 2.20 bits per heavy atom. The maximum Gasteiger partial charge on any atom is 0.238 e. The van der Waals surface area contributed by atoms with E-state index in [1.165, 1.54) is 0 Å². The minimum absolute atomic E-state index is 0.171. The standard InChI is InChI=1S/C11H22N2OS/c1-3-7-15-8-11(10(12)14,13-4-2)9-5-6-9/h9,13H,3-8H2,1-2H3,(H2,12,14). The molecule has 3 N–H and O–H groups in total. The van der Waals surface area contributed by atoms with E-state index in [2.05, 4.69) is 12.2 Å². The number of rotatable bonds is 8. The van der Waals surface area contributed by atoms with Crippen molar-refractivity contribution in [3.63, 3.8) is 0 Å². The largest absolute Gasteiger partial charge is 0.368 e. The van der Waals surface area contributed by atoms with E-state index in [9.17, 15) is 4.79 Å². The molecule has 0 heterocycles. The van der Waals surface area contributed by atoms with Gasteiger partial charge in [-0.3, -0.25) is 4.79 Å². The third-order valence-electron chi connectivity index (χ3n) is 2.88. The first-order chi connectivity index (χ1) is 7.17. The number of amides is 1. The van der Waals surface area contributed by atoms with Gasteiger partial charge >= 0.3 is 0 Å². The van der Waals surface area contributed by atoms with E-state index >= 15 is 0 Å². The number of likely N-dealkylation sites (N-methyl/N-ethyl adjacent to an activating group) is 1. The third kappa shape index (κ3) is 3.11. The smallest absolute Gasteiger partial charge is 0.238 e. The van der Waals surface area contributed by atoms with Crippen molar-refractivity contribution in [2.24, 2.45) is 11.7 Å². The van der Waals surface area contributed by atoms with E-state index in [4.69, 9.17) is 5.73 Å². The van der Waals surface area contributed by atoms with E-state index in [-0.39, 0.29) is 5.91 Å². The van der Waals surface area contributed by atoms with Crippen molar-refractivity contribution >= 4 is 17.7 Å². The van der Waals surface area contributed by atoms with Gasteiger partial charge in [0.25, 0.3) is 0 Å². The summed E-state index contributed by atoms with van der Waals surface area (Å²) in [5.74, 6) is 2.23. The van der Waals surface area contributed by atoms with E-state index in [1.54, 1.807) is 0 Å². The summed E-state index contributed by atoms with van der Waals surface area (Å²) in [6, 6.07) is 0. The van der Waals surface area contributed by atoms with Crippen LogP contribution < -0.4 is 11.1 Å². The molecule has 1 fully saturated rings. The first-order valence-electron chi connectivity index (χ1n) is 5.80. The number of primary amides is 1. The molecule has 1 aliphatic rings. The van der Waals surface area contributed by atoms with Gasteiger partial charge in [-0.15, -0.1) is 0 Å². The minimum atomic E-state index is -0.436. The van der Waals surface area contributed by atoms with Crippen LogP contribution in [0, 0.1) is 5.92 Å². The second-order valence-corrected chi connectivity index (χ2v) is 5.30. The van der Waals surface area contributed by atoms with Crippen LogP contribution in [0.25, 0.3) is 0 Å². The van der Waals surface area contributed by atoms with E-state index < -0.39 is 5.54 Å². The lowest BCUT2D eigenvalue weighted by Crippen LogP contribution is -2.59. The van der Waals surface area contributed by atoms with Crippen molar-refractivity contribution in [1.29, 1.82) is 0 Å². The van der Waals surface area contributed by atoms with Crippen LogP contribution >= 0.6 is 11.8 Å². The van der Waals surface area contributed by atoms with Crippen molar-refractivity contribution < 1.29 is 4.79 Å². The molecule has 0 aromatic heterocycles. The molecular weight excluding hydrogens is 208 g/mol.